The molecule has 0 radical (unpaired) electrons. The van der Waals surface area contributed by atoms with Crippen molar-refractivity contribution >= 4 is 64.4 Å². The molecule has 0 amide bonds. The SMILES string of the molecule is c1ccc(-c2cc3ccccc3c3c2oc2c(-c4cccc(-c5cccc(-c6cccc7c6sc6ccccc67)c5)c4)ncnc23)cc1. The number of rotatable bonds is 4. The van der Waals surface area contributed by atoms with E-state index in [1.807, 2.05) is 17.4 Å². The van der Waals surface area contributed by atoms with E-state index < -0.39 is 0 Å². The number of fused-ring (bicyclic) bond motifs is 8. The van der Waals surface area contributed by atoms with E-state index in [9.17, 15) is 0 Å². The van der Waals surface area contributed by atoms with E-state index >= 15 is 0 Å². The Morgan fingerprint density at radius 2 is 1.12 bits per heavy atom. The zero-order valence-electron chi connectivity index (χ0n) is 25.7. The van der Waals surface area contributed by atoms with Gasteiger partial charge in [0.15, 0.2) is 5.58 Å². The molecule has 0 saturated carbocycles. The van der Waals surface area contributed by atoms with Crippen LogP contribution in [0.1, 0.15) is 0 Å². The van der Waals surface area contributed by atoms with Gasteiger partial charge in [-0.1, -0.05) is 127 Å². The van der Waals surface area contributed by atoms with Crippen molar-refractivity contribution in [1.82, 2.24) is 9.97 Å². The second-order valence-electron chi connectivity index (χ2n) is 12.2. The molecule has 10 aromatic rings. The molecule has 0 fully saturated rings. The Balaban J connectivity index is 1.13. The molecule has 0 aliphatic carbocycles. The van der Waals surface area contributed by atoms with Crippen LogP contribution in [0.15, 0.2) is 162 Å². The average Bonchev–Trinajstić information content (AvgIpc) is 3.74. The number of hydrogen-bond acceptors (Lipinski definition) is 4. The van der Waals surface area contributed by atoms with Gasteiger partial charge in [0, 0.05) is 31.3 Å². The van der Waals surface area contributed by atoms with Crippen LogP contribution in [0.5, 0.6) is 0 Å². The van der Waals surface area contributed by atoms with Crippen LogP contribution < -0.4 is 0 Å². The van der Waals surface area contributed by atoms with Crippen molar-refractivity contribution in [1.29, 1.82) is 0 Å². The van der Waals surface area contributed by atoms with Crippen molar-refractivity contribution in [2.45, 2.75) is 0 Å². The molecule has 0 atom stereocenters. The Labute approximate surface area is 280 Å². The number of aromatic nitrogens is 2. The van der Waals surface area contributed by atoms with Crippen molar-refractivity contribution in [3.63, 3.8) is 0 Å². The van der Waals surface area contributed by atoms with E-state index in [0.717, 1.165) is 60.8 Å². The molecule has 0 saturated heterocycles. The van der Waals surface area contributed by atoms with Gasteiger partial charge in [-0.2, -0.15) is 0 Å². The Morgan fingerprint density at radius 3 is 2.00 bits per heavy atom. The fourth-order valence-corrected chi connectivity index (χ4v) is 8.38. The fraction of sp³-hybridized carbons (Fsp3) is 0. The van der Waals surface area contributed by atoms with Gasteiger partial charge in [0.05, 0.1) is 5.39 Å². The van der Waals surface area contributed by atoms with Gasteiger partial charge in [-0.05, 0) is 62.9 Å². The summed E-state index contributed by atoms with van der Waals surface area (Å²) >= 11 is 1.86. The molecule has 48 heavy (non-hydrogen) atoms. The van der Waals surface area contributed by atoms with E-state index in [-0.39, 0.29) is 0 Å². The Hall–Kier alpha value is -6.10. The molecule has 0 aliphatic heterocycles. The van der Waals surface area contributed by atoms with Gasteiger partial charge in [-0.15, -0.1) is 11.3 Å². The van der Waals surface area contributed by atoms with E-state index in [4.69, 9.17) is 14.4 Å². The van der Waals surface area contributed by atoms with Crippen LogP contribution in [0.4, 0.5) is 0 Å². The second-order valence-corrected chi connectivity index (χ2v) is 13.2. The first-order valence-electron chi connectivity index (χ1n) is 16.1. The molecular formula is C44H26N2OS. The number of hydrogen-bond donors (Lipinski definition) is 0. The van der Waals surface area contributed by atoms with Crippen molar-refractivity contribution in [3.8, 4) is 44.6 Å². The molecule has 0 spiro atoms. The minimum Gasteiger partial charge on any atom is -0.451 e. The topological polar surface area (TPSA) is 38.9 Å². The lowest BCUT2D eigenvalue weighted by molar-refractivity contribution is 0.668. The van der Waals surface area contributed by atoms with E-state index in [1.165, 1.54) is 31.3 Å². The summed E-state index contributed by atoms with van der Waals surface area (Å²) in [4.78, 5) is 9.61. The zero-order valence-corrected chi connectivity index (χ0v) is 26.5. The summed E-state index contributed by atoms with van der Waals surface area (Å²) in [5.74, 6) is 0. The summed E-state index contributed by atoms with van der Waals surface area (Å²) in [6.07, 6.45) is 1.66. The molecule has 3 nitrogen and oxygen atoms in total. The highest BCUT2D eigenvalue weighted by atomic mass is 32.1. The highest BCUT2D eigenvalue weighted by molar-refractivity contribution is 7.26. The summed E-state index contributed by atoms with van der Waals surface area (Å²) in [7, 11) is 0. The molecule has 10 rings (SSSR count). The summed E-state index contributed by atoms with van der Waals surface area (Å²) in [6.45, 7) is 0. The van der Waals surface area contributed by atoms with Gasteiger partial charge >= 0.3 is 0 Å². The van der Waals surface area contributed by atoms with Crippen molar-refractivity contribution in [2.75, 3.05) is 0 Å². The smallest absolute Gasteiger partial charge is 0.180 e. The van der Waals surface area contributed by atoms with Gasteiger partial charge in [0.1, 0.15) is 23.1 Å². The first-order chi connectivity index (χ1) is 23.8. The maximum atomic E-state index is 6.80. The third-order valence-electron chi connectivity index (χ3n) is 9.38. The third kappa shape index (κ3) is 4.20. The largest absolute Gasteiger partial charge is 0.451 e. The van der Waals surface area contributed by atoms with Crippen molar-refractivity contribution in [3.05, 3.63) is 158 Å². The molecule has 7 aromatic carbocycles. The summed E-state index contributed by atoms with van der Waals surface area (Å²) < 4.78 is 9.43. The second kappa shape index (κ2) is 10.7. The average molecular weight is 631 g/mol. The molecule has 224 valence electrons. The third-order valence-corrected chi connectivity index (χ3v) is 10.6. The van der Waals surface area contributed by atoms with Crippen LogP contribution in [0, 0.1) is 0 Å². The van der Waals surface area contributed by atoms with E-state index in [2.05, 4.69) is 146 Å². The van der Waals surface area contributed by atoms with Gasteiger partial charge in [-0.3, -0.25) is 0 Å². The van der Waals surface area contributed by atoms with Crippen LogP contribution in [0.2, 0.25) is 0 Å². The maximum Gasteiger partial charge on any atom is 0.180 e. The van der Waals surface area contributed by atoms with Crippen LogP contribution in [0.3, 0.4) is 0 Å². The summed E-state index contributed by atoms with van der Waals surface area (Å²) in [5.41, 5.74) is 11.0. The molecule has 0 aliphatic rings. The van der Waals surface area contributed by atoms with Gasteiger partial charge in [0.2, 0.25) is 0 Å². The first kappa shape index (κ1) is 27.1. The lowest BCUT2D eigenvalue weighted by atomic mass is 9.96. The standard InChI is InChI=1S/C44H26N2OS/c1-2-11-27(12-3-1)37-25-31-13-4-5-18-33(31)39-41-43(47-42(37)39)40(45-26-46-41)32-17-9-15-29(24-32)28-14-8-16-30(23-28)34-20-10-21-36-35-19-6-7-22-38(35)48-44(34)36/h1-26H. The van der Waals surface area contributed by atoms with Crippen molar-refractivity contribution < 1.29 is 4.42 Å². The molecular weight excluding hydrogens is 605 g/mol. The monoisotopic (exact) mass is 630 g/mol. The quantitative estimate of drug-likeness (QED) is 0.194. The highest BCUT2D eigenvalue weighted by Gasteiger charge is 2.21. The summed E-state index contributed by atoms with van der Waals surface area (Å²) in [6, 6.07) is 53.8. The van der Waals surface area contributed by atoms with Crippen LogP contribution in [0.25, 0.3) is 97.7 Å². The molecule has 3 aromatic heterocycles. The lowest BCUT2D eigenvalue weighted by Gasteiger charge is -2.09. The zero-order chi connectivity index (χ0) is 31.6. The molecule has 0 N–H and O–H groups in total. The van der Waals surface area contributed by atoms with Crippen LogP contribution in [-0.2, 0) is 0 Å². The number of furan rings is 1. The van der Waals surface area contributed by atoms with Gasteiger partial charge in [0.25, 0.3) is 0 Å². The minimum absolute atomic E-state index is 0.698. The number of thiophene rings is 1. The Morgan fingerprint density at radius 1 is 0.458 bits per heavy atom. The van der Waals surface area contributed by atoms with Crippen molar-refractivity contribution in [2.24, 2.45) is 0 Å². The van der Waals surface area contributed by atoms with Crippen LogP contribution in [-0.4, -0.2) is 9.97 Å². The predicted octanol–water partition coefficient (Wildman–Crippen LogP) is 12.6. The fourth-order valence-electron chi connectivity index (χ4n) is 7.14. The van der Waals surface area contributed by atoms with Gasteiger partial charge < -0.3 is 4.42 Å². The minimum atomic E-state index is 0.698. The first-order valence-corrected chi connectivity index (χ1v) is 16.9. The number of nitrogens with zero attached hydrogens (tertiary/aromatic N) is 2. The highest BCUT2D eigenvalue weighted by Crippen LogP contribution is 2.43. The normalized spacial score (nSPS) is 11.8. The maximum absolute atomic E-state index is 6.80. The summed E-state index contributed by atoms with van der Waals surface area (Å²) in [5, 5.41) is 5.91. The predicted molar refractivity (Wildman–Crippen MR) is 201 cm³/mol. The van der Waals surface area contributed by atoms with E-state index in [0.29, 0.717) is 5.58 Å². The Kier molecular flexibility index (Phi) is 6.05. The van der Waals surface area contributed by atoms with Crippen LogP contribution >= 0.6 is 11.3 Å². The molecule has 4 heteroatoms. The molecule has 0 unspecified atom stereocenters. The Bertz CT molecular complexity index is 2850. The van der Waals surface area contributed by atoms with Gasteiger partial charge in [-0.25, -0.2) is 9.97 Å². The molecule has 3 heterocycles. The molecule has 0 bridgehead atoms. The number of benzene rings is 7. The lowest BCUT2D eigenvalue weighted by Crippen LogP contribution is -1.88. The van der Waals surface area contributed by atoms with E-state index in [1.54, 1.807) is 6.33 Å².